The van der Waals surface area contributed by atoms with E-state index < -0.39 is 0 Å². The molecule has 0 heterocycles. The summed E-state index contributed by atoms with van der Waals surface area (Å²) in [5.74, 6) is 0.159. The molecule has 2 rings (SSSR count). The average molecular weight is 256 g/mol. The molecule has 0 bridgehead atoms. The number of amides is 1. The van der Waals surface area contributed by atoms with E-state index in [1.807, 2.05) is 38.4 Å². The Morgan fingerprint density at radius 2 is 1.89 bits per heavy atom. The Kier molecular flexibility index (Phi) is 4.53. The Bertz CT molecular complexity index is 560. The first kappa shape index (κ1) is 13.6. The predicted octanol–water partition coefficient (Wildman–Crippen LogP) is 2.80. The number of nitrogens with one attached hydrogen (secondary N) is 1. The van der Waals surface area contributed by atoms with Crippen LogP contribution in [0.15, 0.2) is 42.5 Å². The minimum absolute atomic E-state index is 0.159. The maximum atomic E-state index is 12.2. The molecule has 0 saturated heterocycles. The molecule has 0 aromatic heterocycles. The van der Waals surface area contributed by atoms with Crippen LogP contribution in [0.4, 0.5) is 5.69 Å². The van der Waals surface area contributed by atoms with E-state index in [1.165, 1.54) is 0 Å². The highest BCUT2D eigenvalue weighted by Gasteiger charge is 2.12. The van der Waals surface area contributed by atoms with Crippen molar-refractivity contribution < 1.29 is 4.79 Å². The number of fused-ring (bicyclic) bond motifs is 1. The molecular formula is C16H20N2O. The van der Waals surface area contributed by atoms with Gasteiger partial charge in [0.05, 0.1) is 5.69 Å². The van der Waals surface area contributed by atoms with Crippen LogP contribution in [0.1, 0.15) is 12.8 Å². The van der Waals surface area contributed by atoms with Crippen molar-refractivity contribution >= 4 is 22.4 Å². The molecule has 1 N–H and O–H groups in total. The highest BCUT2D eigenvalue weighted by Crippen LogP contribution is 2.26. The number of carbonyl (C=O) groups excluding carboxylic acids is 1. The van der Waals surface area contributed by atoms with Gasteiger partial charge in [-0.15, -0.1) is 0 Å². The SMILES string of the molecule is CNCCCC(=O)N(C)c1cccc2ccccc12. The van der Waals surface area contributed by atoms with Crippen LogP contribution in [0.5, 0.6) is 0 Å². The largest absolute Gasteiger partial charge is 0.320 e. The van der Waals surface area contributed by atoms with E-state index in [4.69, 9.17) is 0 Å². The van der Waals surface area contributed by atoms with Gasteiger partial charge in [0, 0.05) is 18.9 Å². The third-order valence-corrected chi connectivity index (χ3v) is 3.32. The lowest BCUT2D eigenvalue weighted by atomic mass is 10.1. The quantitative estimate of drug-likeness (QED) is 0.834. The molecule has 2 aromatic carbocycles. The number of hydrogen-bond acceptors (Lipinski definition) is 2. The van der Waals surface area contributed by atoms with Gasteiger partial charge in [-0.05, 0) is 31.5 Å². The second-order valence-electron chi connectivity index (χ2n) is 4.66. The summed E-state index contributed by atoms with van der Waals surface area (Å²) in [7, 11) is 3.75. The summed E-state index contributed by atoms with van der Waals surface area (Å²) >= 11 is 0. The molecule has 19 heavy (non-hydrogen) atoms. The Labute approximate surface area is 114 Å². The van der Waals surface area contributed by atoms with Crippen molar-refractivity contribution in [1.82, 2.24) is 5.32 Å². The van der Waals surface area contributed by atoms with Crippen LogP contribution in [0, 0.1) is 0 Å². The molecule has 0 saturated carbocycles. The van der Waals surface area contributed by atoms with Gasteiger partial charge in [-0.25, -0.2) is 0 Å². The zero-order chi connectivity index (χ0) is 13.7. The van der Waals surface area contributed by atoms with Crippen LogP contribution in [0.25, 0.3) is 10.8 Å². The summed E-state index contributed by atoms with van der Waals surface area (Å²) in [5.41, 5.74) is 0.979. The fourth-order valence-corrected chi connectivity index (χ4v) is 2.22. The minimum Gasteiger partial charge on any atom is -0.320 e. The smallest absolute Gasteiger partial charge is 0.226 e. The maximum absolute atomic E-state index is 12.2. The standard InChI is InChI=1S/C16H20N2O/c1-17-12-6-11-16(19)18(2)15-10-5-8-13-7-3-4-9-14(13)15/h3-5,7-10,17H,6,11-12H2,1-2H3. The van der Waals surface area contributed by atoms with E-state index >= 15 is 0 Å². The average Bonchev–Trinajstić information content (AvgIpc) is 2.46. The van der Waals surface area contributed by atoms with E-state index in [0.717, 1.165) is 29.4 Å². The minimum atomic E-state index is 0.159. The van der Waals surface area contributed by atoms with Crippen LogP contribution in [0.3, 0.4) is 0 Å². The molecule has 0 aliphatic carbocycles. The van der Waals surface area contributed by atoms with Gasteiger partial charge in [0.25, 0.3) is 0 Å². The monoisotopic (exact) mass is 256 g/mol. The van der Waals surface area contributed by atoms with Crippen molar-refractivity contribution in [2.24, 2.45) is 0 Å². The number of carbonyl (C=O) groups is 1. The first-order valence-electron chi connectivity index (χ1n) is 6.63. The van der Waals surface area contributed by atoms with Gasteiger partial charge in [-0.3, -0.25) is 4.79 Å². The normalized spacial score (nSPS) is 10.6. The van der Waals surface area contributed by atoms with Gasteiger partial charge in [0.2, 0.25) is 5.91 Å². The zero-order valence-corrected chi connectivity index (χ0v) is 11.5. The van der Waals surface area contributed by atoms with Crippen molar-refractivity contribution in [2.45, 2.75) is 12.8 Å². The molecule has 3 heteroatoms. The fraction of sp³-hybridized carbons (Fsp3) is 0.312. The van der Waals surface area contributed by atoms with Gasteiger partial charge in [0.1, 0.15) is 0 Å². The molecule has 3 nitrogen and oxygen atoms in total. The molecule has 100 valence electrons. The van der Waals surface area contributed by atoms with Crippen molar-refractivity contribution in [2.75, 3.05) is 25.5 Å². The topological polar surface area (TPSA) is 32.3 Å². The number of nitrogens with zero attached hydrogens (tertiary/aromatic N) is 1. The molecule has 0 fully saturated rings. The number of rotatable bonds is 5. The summed E-state index contributed by atoms with van der Waals surface area (Å²) in [6.07, 6.45) is 1.44. The summed E-state index contributed by atoms with van der Waals surface area (Å²) in [5, 5.41) is 5.34. The van der Waals surface area contributed by atoms with Crippen LogP contribution < -0.4 is 10.2 Å². The Morgan fingerprint density at radius 1 is 1.16 bits per heavy atom. The third-order valence-electron chi connectivity index (χ3n) is 3.32. The van der Waals surface area contributed by atoms with E-state index in [9.17, 15) is 4.79 Å². The van der Waals surface area contributed by atoms with E-state index in [1.54, 1.807) is 4.90 Å². The summed E-state index contributed by atoms with van der Waals surface area (Å²) < 4.78 is 0. The summed E-state index contributed by atoms with van der Waals surface area (Å²) in [4.78, 5) is 13.9. The van der Waals surface area contributed by atoms with Gasteiger partial charge in [0.15, 0.2) is 0 Å². The summed E-state index contributed by atoms with van der Waals surface area (Å²) in [6, 6.07) is 14.2. The first-order valence-corrected chi connectivity index (χ1v) is 6.63. The molecule has 0 aliphatic heterocycles. The molecule has 0 radical (unpaired) electrons. The lowest BCUT2D eigenvalue weighted by Gasteiger charge is -2.19. The zero-order valence-electron chi connectivity index (χ0n) is 11.5. The highest BCUT2D eigenvalue weighted by molar-refractivity contribution is 6.03. The van der Waals surface area contributed by atoms with Crippen molar-refractivity contribution in [1.29, 1.82) is 0 Å². The molecule has 0 spiro atoms. The molecule has 1 amide bonds. The maximum Gasteiger partial charge on any atom is 0.226 e. The van der Waals surface area contributed by atoms with Crippen molar-refractivity contribution in [3.63, 3.8) is 0 Å². The van der Waals surface area contributed by atoms with Gasteiger partial charge in [-0.2, -0.15) is 0 Å². The second kappa shape index (κ2) is 6.34. The molecule has 0 aliphatic rings. The van der Waals surface area contributed by atoms with Gasteiger partial charge in [-0.1, -0.05) is 36.4 Å². The van der Waals surface area contributed by atoms with E-state index in [0.29, 0.717) is 6.42 Å². The van der Waals surface area contributed by atoms with Crippen LogP contribution in [0.2, 0.25) is 0 Å². The third kappa shape index (κ3) is 3.12. The first-order chi connectivity index (χ1) is 9.24. The number of anilines is 1. The Balaban J connectivity index is 2.21. The van der Waals surface area contributed by atoms with E-state index in [-0.39, 0.29) is 5.91 Å². The Hall–Kier alpha value is -1.87. The number of benzene rings is 2. The molecule has 0 unspecified atom stereocenters. The lowest BCUT2D eigenvalue weighted by molar-refractivity contribution is -0.118. The second-order valence-corrected chi connectivity index (χ2v) is 4.66. The van der Waals surface area contributed by atoms with E-state index in [2.05, 4.69) is 23.5 Å². The van der Waals surface area contributed by atoms with Crippen LogP contribution in [-0.4, -0.2) is 26.5 Å². The highest BCUT2D eigenvalue weighted by atomic mass is 16.2. The van der Waals surface area contributed by atoms with Crippen LogP contribution >= 0.6 is 0 Å². The molecular weight excluding hydrogens is 236 g/mol. The van der Waals surface area contributed by atoms with Crippen molar-refractivity contribution in [3.8, 4) is 0 Å². The fourth-order valence-electron chi connectivity index (χ4n) is 2.22. The predicted molar refractivity (Wildman–Crippen MR) is 80.5 cm³/mol. The van der Waals surface area contributed by atoms with Gasteiger partial charge < -0.3 is 10.2 Å². The van der Waals surface area contributed by atoms with Crippen molar-refractivity contribution in [3.05, 3.63) is 42.5 Å². The Morgan fingerprint density at radius 3 is 2.68 bits per heavy atom. The van der Waals surface area contributed by atoms with Crippen LogP contribution in [-0.2, 0) is 4.79 Å². The summed E-state index contributed by atoms with van der Waals surface area (Å²) in [6.45, 7) is 0.870. The molecule has 2 aromatic rings. The molecule has 0 atom stereocenters. The number of hydrogen-bond donors (Lipinski definition) is 1. The lowest BCUT2D eigenvalue weighted by Crippen LogP contribution is -2.27. The van der Waals surface area contributed by atoms with Gasteiger partial charge >= 0.3 is 0 Å².